The maximum Gasteiger partial charge on any atom is 0.124 e. The maximum absolute atomic E-state index is 9.48. The van der Waals surface area contributed by atoms with Crippen LogP contribution in [0.5, 0.6) is 5.75 Å². The number of allylic oxidation sites excluding steroid dienone is 1. The number of phenolic OH excluding ortho intramolecular Hbond substituents is 1. The highest BCUT2D eigenvalue weighted by Crippen LogP contribution is 2.16. The van der Waals surface area contributed by atoms with Crippen LogP contribution in [0.3, 0.4) is 0 Å². The van der Waals surface area contributed by atoms with E-state index in [4.69, 9.17) is 0 Å². The molecule has 0 saturated carbocycles. The quantitative estimate of drug-likeness (QED) is 0.689. The maximum atomic E-state index is 9.48. The number of nitrogens with zero attached hydrogens (tertiary/aromatic N) is 1. The Labute approximate surface area is 78.3 Å². The topological polar surface area (TPSA) is 32.6 Å². The average molecular weight is 175 g/mol. The van der Waals surface area contributed by atoms with Crippen molar-refractivity contribution in [3.8, 4) is 5.75 Å². The van der Waals surface area contributed by atoms with E-state index in [0.29, 0.717) is 0 Å². The van der Waals surface area contributed by atoms with Crippen molar-refractivity contribution < 1.29 is 5.11 Å². The second kappa shape index (κ2) is 3.90. The summed E-state index contributed by atoms with van der Waals surface area (Å²) in [6.45, 7) is 7.35. The van der Waals surface area contributed by atoms with Gasteiger partial charge in [0.25, 0.3) is 0 Å². The van der Waals surface area contributed by atoms with Gasteiger partial charge in [-0.2, -0.15) is 0 Å². The number of benzene rings is 1. The van der Waals surface area contributed by atoms with Gasteiger partial charge >= 0.3 is 0 Å². The summed E-state index contributed by atoms with van der Waals surface area (Å²) in [5, 5.41) is 9.48. The lowest BCUT2D eigenvalue weighted by molar-refractivity contribution is 0.474. The van der Waals surface area contributed by atoms with Crippen molar-refractivity contribution in [2.75, 3.05) is 0 Å². The molecule has 0 aliphatic rings. The minimum absolute atomic E-state index is 0.255. The molecule has 0 spiro atoms. The SMILES string of the molecule is C=C(C)N=C(C)c1ccccc1O. The van der Waals surface area contributed by atoms with E-state index in [1.54, 1.807) is 12.1 Å². The first-order valence-corrected chi connectivity index (χ1v) is 4.10. The fourth-order valence-electron chi connectivity index (χ4n) is 1.13. The van der Waals surface area contributed by atoms with E-state index < -0.39 is 0 Å². The highest BCUT2D eigenvalue weighted by molar-refractivity contribution is 6.01. The molecule has 0 amide bonds. The summed E-state index contributed by atoms with van der Waals surface area (Å²) >= 11 is 0. The summed E-state index contributed by atoms with van der Waals surface area (Å²) < 4.78 is 0. The van der Waals surface area contributed by atoms with E-state index in [0.717, 1.165) is 17.0 Å². The molecule has 0 saturated heterocycles. The Morgan fingerprint density at radius 3 is 2.46 bits per heavy atom. The van der Waals surface area contributed by atoms with E-state index in [2.05, 4.69) is 11.6 Å². The molecule has 0 radical (unpaired) electrons. The lowest BCUT2D eigenvalue weighted by Gasteiger charge is -2.02. The average Bonchev–Trinajstić information content (AvgIpc) is 2.03. The molecule has 68 valence electrons. The third-order valence-electron chi connectivity index (χ3n) is 1.65. The van der Waals surface area contributed by atoms with Crippen LogP contribution < -0.4 is 0 Å². The minimum atomic E-state index is 0.255. The Morgan fingerprint density at radius 1 is 1.31 bits per heavy atom. The summed E-state index contributed by atoms with van der Waals surface area (Å²) in [5.41, 5.74) is 2.27. The molecule has 1 rings (SSSR count). The van der Waals surface area contributed by atoms with Gasteiger partial charge < -0.3 is 5.11 Å². The molecule has 0 unspecified atom stereocenters. The number of aliphatic imine (C=N–C) groups is 1. The van der Waals surface area contributed by atoms with Crippen LogP contribution in [0.2, 0.25) is 0 Å². The number of hydrogen-bond donors (Lipinski definition) is 1. The van der Waals surface area contributed by atoms with Crippen LogP contribution in [-0.4, -0.2) is 10.8 Å². The highest BCUT2D eigenvalue weighted by atomic mass is 16.3. The van der Waals surface area contributed by atoms with Crippen LogP contribution in [0.15, 0.2) is 41.5 Å². The van der Waals surface area contributed by atoms with Crippen molar-refractivity contribution in [3.63, 3.8) is 0 Å². The van der Waals surface area contributed by atoms with Gasteiger partial charge in [-0.3, -0.25) is 4.99 Å². The highest BCUT2D eigenvalue weighted by Gasteiger charge is 2.01. The molecule has 0 aliphatic carbocycles. The van der Waals surface area contributed by atoms with Gasteiger partial charge in [-0.05, 0) is 26.0 Å². The zero-order valence-electron chi connectivity index (χ0n) is 7.91. The first kappa shape index (κ1) is 9.52. The molecule has 0 fully saturated rings. The summed E-state index contributed by atoms with van der Waals surface area (Å²) in [4.78, 5) is 4.17. The van der Waals surface area contributed by atoms with Crippen LogP contribution in [0.1, 0.15) is 19.4 Å². The first-order chi connectivity index (χ1) is 6.11. The van der Waals surface area contributed by atoms with Crippen LogP contribution in [0.4, 0.5) is 0 Å². The van der Waals surface area contributed by atoms with Gasteiger partial charge in [0.1, 0.15) is 5.75 Å². The summed E-state index contributed by atoms with van der Waals surface area (Å²) in [6, 6.07) is 7.13. The largest absolute Gasteiger partial charge is 0.507 e. The van der Waals surface area contributed by atoms with Crippen molar-refractivity contribution >= 4 is 5.71 Å². The Kier molecular flexibility index (Phi) is 2.85. The van der Waals surface area contributed by atoms with Crippen LogP contribution in [-0.2, 0) is 0 Å². The molecular weight excluding hydrogens is 162 g/mol. The summed E-state index contributed by atoms with van der Waals surface area (Å²) in [5.74, 6) is 0.255. The molecule has 1 N–H and O–H groups in total. The fourth-order valence-corrected chi connectivity index (χ4v) is 1.13. The summed E-state index contributed by atoms with van der Waals surface area (Å²) in [7, 11) is 0. The molecule has 0 aliphatic heterocycles. The fraction of sp³-hybridized carbons (Fsp3) is 0.182. The molecule has 1 aromatic carbocycles. The first-order valence-electron chi connectivity index (χ1n) is 4.10. The van der Waals surface area contributed by atoms with Gasteiger partial charge in [0.15, 0.2) is 0 Å². The second-order valence-corrected chi connectivity index (χ2v) is 2.95. The van der Waals surface area contributed by atoms with Crippen molar-refractivity contribution in [2.45, 2.75) is 13.8 Å². The summed E-state index contributed by atoms with van der Waals surface area (Å²) in [6.07, 6.45) is 0. The van der Waals surface area contributed by atoms with Gasteiger partial charge in [-0.1, -0.05) is 18.7 Å². The van der Waals surface area contributed by atoms with Gasteiger partial charge in [-0.25, -0.2) is 0 Å². The zero-order chi connectivity index (χ0) is 9.84. The van der Waals surface area contributed by atoms with E-state index in [1.807, 2.05) is 26.0 Å². The van der Waals surface area contributed by atoms with Crippen molar-refractivity contribution in [2.24, 2.45) is 4.99 Å². The molecule has 0 heterocycles. The predicted octanol–water partition coefficient (Wildman–Crippen LogP) is 2.73. The Bertz CT molecular complexity index is 353. The smallest absolute Gasteiger partial charge is 0.124 e. The van der Waals surface area contributed by atoms with Gasteiger partial charge in [0, 0.05) is 17.0 Å². The monoisotopic (exact) mass is 175 g/mol. The molecule has 0 atom stereocenters. The Hall–Kier alpha value is -1.57. The van der Waals surface area contributed by atoms with E-state index in [-0.39, 0.29) is 5.75 Å². The molecule has 2 nitrogen and oxygen atoms in total. The van der Waals surface area contributed by atoms with Gasteiger partial charge in [0.2, 0.25) is 0 Å². The second-order valence-electron chi connectivity index (χ2n) is 2.95. The number of para-hydroxylation sites is 1. The molecule has 13 heavy (non-hydrogen) atoms. The number of phenols is 1. The van der Waals surface area contributed by atoms with Crippen molar-refractivity contribution in [1.82, 2.24) is 0 Å². The van der Waals surface area contributed by atoms with E-state index in [1.165, 1.54) is 0 Å². The molecule has 1 aromatic rings. The number of aromatic hydroxyl groups is 1. The minimum Gasteiger partial charge on any atom is -0.507 e. The Balaban J connectivity index is 3.08. The lowest BCUT2D eigenvalue weighted by Crippen LogP contribution is -1.94. The van der Waals surface area contributed by atoms with E-state index >= 15 is 0 Å². The van der Waals surface area contributed by atoms with Gasteiger partial charge in [0.05, 0.1) is 0 Å². The zero-order valence-corrected chi connectivity index (χ0v) is 7.91. The number of rotatable bonds is 2. The third kappa shape index (κ3) is 2.44. The molecular formula is C11H13NO. The van der Waals surface area contributed by atoms with E-state index in [9.17, 15) is 5.11 Å². The molecule has 2 heteroatoms. The van der Waals surface area contributed by atoms with Crippen molar-refractivity contribution in [1.29, 1.82) is 0 Å². The van der Waals surface area contributed by atoms with Crippen molar-refractivity contribution in [3.05, 3.63) is 42.1 Å². The van der Waals surface area contributed by atoms with Gasteiger partial charge in [-0.15, -0.1) is 0 Å². The molecule has 0 aromatic heterocycles. The third-order valence-corrected chi connectivity index (χ3v) is 1.65. The number of hydrogen-bond acceptors (Lipinski definition) is 2. The van der Waals surface area contributed by atoms with Crippen LogP contribution >= 0.6 is 0 Å². The Morgan fingerprint density at radius 2 is 1.92 bits per heavy atom. The van der Waals surface area contributed by atoms with Crippen LogP contribution in [0.25, 0.3) is 0 Å². The standard InChI is InChI=1S/C11H13NO/c1-8(2)12-9(3)10-6-4-5-7-11(10)13/h4-7,13H,1H2,2-3H3. The van der Waals surface area contributed by atoms with Crippen LogP contribution in [0, 0.1) is 0 Å². The normalized spacial score (nSPS) is 11.4. The predicted molar refractivity (Wildman–Crippen MR) is 55.1 cm³/mol. The molecule has 0 bridgehead atoms. The lowest BCUT2D eigenvalue weighted by atomic mass is 10.1.